The predicted octanol–water partition coefficient (Wildman–Crippen LogP) is 6.29. The van der Waals surface area contributed by atoms with Crippen LogP contribution in [0.25, 0.3) is 10.9 Å². The highest BCUT2D eigenvalue weighted by Gasteiger charge is 2.18. The van der Waals surface area contributed by atoms with Crippen LogP contribution < -0.4 is 10.6 Å². The van der Waals surface area contributed by atoms with Crippen LogP contribution in [-0.4, -0.2) is 26.8 Å². The Bertz CT molecular complexity index is 1840. The van der Waals surface area contributed by atoms with Crippen molar-refractivity contribution in [1.82, 2.24) is 25.6 Å². The molecule has 0 radical (unpaired) electrons. The van der Waals surface area contributed by atoms with Crippen LogP contribution in [0.2, 0.25) is 0 Å². The molecule has 3 aromatic heterocycles. The molecule has 1 unspecified atom stereocenters. The van der Waals surface area contributed by atoms with Crippen LogP contribution in [0.5, 0.6) is 0 Å². The predicted molar refractivity (Wildman–Crippen MR) is 172 cm³/mol. The normalized spacial score (nSPS) is 11.8. The molecule has 216 valence electrons. The first-order valence-electron chi connectivity index (χ1n) is 14.1. The summed E-state index contributed by atoms with van der Waals surface area (Å²) in [6.45, 7) is 2.43. The summed E-state index contributed by atoms with van der Waals surface area (Å²) < 4.78 is 0. The fraction of sp³-hybridized carbons (Fsp3) is 0.176. The van der Waals surface area contributed by atoms with Gasteiger partial charge in [0.2, 0.25) is 11.8 Å². The van der Waals surface area contributed by atoms with Crippen LogP contribution in [0.3, 0.4) is 0 Å². The molecule has 3 heterocycles. The lowest BCUT2D eigenvalue weighted by atomic mass is 9.97. The molecule has 0 aliphatic carbocycles. The fourth-order valence-electron chi connectivity index (χ4n) is 5.02. The van der Waals surface area contributed by atoms with Crippen molar-refractivity contribution in [2.75, 3.05) is 0 Å². The van der Waals surface area contributed by atoms with Crippen LogP contribution >= 0.6 is 22.7 Å². The van der Waals surface area contributed by atoms with Gasteiger partial charge in [-0.3, -0.25) is 9.59 Å². The van der Waals surface area contributed by atoms with E-state index in [4.69, 9.17) is 4.98 Å². The Morgan fingerprint density at radius 2 is 1.53 bits per heavy atom. The second kappa shape index (κ2) is 13.1. The second-order valence-electron chi connectivity index (χ2n) is 10.4. The van der Waals surface area contributed by atoms with E-state index in [0.717, 1.165) is 54.6 Å². The molecule has 3 N–H and O–H groups in total. The monoisotopic (exact) mass is 605 g/mol. The van der Waals surface area contributed by atoms with Crippen LogP contribution in [-0.2, 0) is 35.4 Å². The number of aromatic amines is 1. The average molecular weight is 606 g/mol. The third-order valence-electron chi connectivity index (χ3n) is 7.16. The lowest BCUT2D eigenvalue weighted by molar-refractivity contribution is -0.121. The molecular formula is C34H31N5O2S2. The molecule has 3 aromatic carbocycles. The highest BCUT2D eigenvalue weighted by molar-refractivity contribution is 7.09. The molecule has 6 aromatic rings. The zero-order chi connectivity index (χ0) is 29.6. The number of hydrogen-bond donors (Lipinski definition) is 3. The Balaban J connectivity index is 1.06. The van der Waals surface area contributed by atoms with Gasteiger partial charge in [0.25, 0.3) is 0 Å². The van der Waals surface area contributed by atoms with Gasteiger partial charge in [0.15, 0.2) is 0 Å². The number of nitrogens with zero attached hydrogens (tertiary/aromatic N) is 2. The summed E-state index contributed by atoms with van der Waals surface area (Å²) in [5.41, 5.74) is 6.85. The molecule has 0 aliphatic heterocycles. The standard InChI is InChI=1S/C34H31N5O2S2/c1-22-37-28(20-42-22)18-32(41)39-34(25-5-3-2-4-6-25)26-10-7-23(8-11-26)16-33-38-29(21-43-33)17-31(40)36-19-24-9-12-30-27(15-24)13-14-35-30/h2-15,20-21,34-35H,16-19H2,1H3,(H,36,40)(H,39,41). The van der Waals surface area contributed by atoms with Crippen molar-refractivity contribution in [3.8, 4) is 0 Å². The van der Waals surface area contributed by atoms with Crippen molar-refractivity contribution in [2.24, 2.45) is 0 Å². The van der Waals surface area contributed by atoms with Crippen molar-refractivity contribution >= 4 is 45.4 Å². The summed E-state index contributed by atoms with van der Waals surface area (Å²) in [5.74, 6) is -0.112. The lowest BCUT2D eigenvalue weighted by Crippen LogP contribution is -2.30. The van der Waals surface area contributed by atoms with E-state index in [2.05, 4.69) is 50.9 Å². The Hall–Kier alpha value is -4.60. The van der Waals surface area contributed by atoms with Gasteiger partial charge in [-0.1, -0.05) is 60.7 Å². The number of H-pyrrole nitrogens is 1. The maximum absolute atomic E-state index is 12.9. The molecule has 6 rings (SSSR count). The van der Waals surface area contributed by atoms with E-state index in [0.29, 0.717) is 13.0 Å². The molecule has 0 aliphatic rings. The van der Waals surface area contributed by atoms with Crippen LogP contribution in [0.15, 0.2) is 95.8 Å². The third-order valence-corrected chi connectivity index (χ3v) is 8.88. The van der Waals surface area contributed by atoms with E-state index in [1.165, 1.54) is 0 Å². The third kappa shape index (κ3) is 7.43. The number of amides is 2. The number of aromatic nitrogens is 3. The van der Waals surface area contributed by atoms with Crippen LogP contribution in [0, 0.1) is 6.92 Å². The summed E-state index contributed by atoms with van der Waals surface area (Å²) >= 11 is 3.11. The lowest BCUT2D eigenvalue weighted by Gasteiger charge is -2.20. The summed E-state index contributed by atoms with van der Waals surface area (Å²) in [6, 6.07) is 26.2. The molecule has 43 heavy (non-hydrogen) atoms. The number of carbonyl (C=O) groups excluding carboxylic acids is 2. The van der Waals surface area contributed by atoms with Crippen LogP contribution in [0.4, 0.5) is 0 Å². The maximum Gasteiger partial charge on any atom is 0.226 e. The van der Waals surface area contributed by atoms with Crippen molar-refractivity contribution < 1.29 is 9.59 Å². The Morgan fingerprint density at radius 3 is 2.33 bits per heavy atom. The SMILES string of the molecule is Cc1nc(CC(=O)NC(c2ccccc2)c2ccc(Cc3nc(CC(=O)NCc4ccc5[nH]ccc5c4)cs3)cc2)cs1. The highest BCUT2D eigenvalue weighted by atomic mass is 32.1. The summed E-state index contributed by atoms with van der Waals surface area (Å²) in [4.78, 5) is 37.8. The first-order chi connectivity index (χ1) is 21.0. The molecule has 1 atom stereocenters. The van der Waals surface area contributed by atoms with Gasteiger partial charge in [-0.2, -0.15) is 0 Å². The highest BCUT2D eigenvalue weighted by Crippen LogP contribution is 2.24. The minimum Gasteiger partial charge on any atom is -0.361 e. The molecule has 0 saturated heterocycles. The van der Waals surface area contributed by atoms with Gasteiger partial charge in [0.05, 0.1) is 40.3 Å². The molecule has 0 saturated carbocycles. The Labute approximate surface area is 258 Å². The Kier molecular flexibility index (Phi) is 8.72. The average Bonchev–Trinajstić information content (AvgIpc) is 3.77. The van der Waals surface area contributed by atoms with E-state index in [9.17, 15) is 9.59 Å². The largest absolute Gasteiger partial charge is 0.361 e. The van der Waals surface area contributed by atoms with Gasteiger partial charge in [-0.25, -0.2) is 9.97 Å². The van der Waals surface area contributed by atoms with Gasteiger partial charge < -0.3 is 15.6 Å². The van der Waals surface area contributed by atoms with E-state index in [1.807, 2.05) is 72.4 Å². The number of rotatable bonds is 11. The Morgan fingerprint density at radius 1 is 0.814 bits per heavy atom. The van der Waals surface area contributed by atoms with Gasteiger partial charge in [-0.15, -0.1) is 22.7 Å². The molecule has 9 heteroatoms. The van der Waals surface area contributed by atoms with E-state index in [1.54, 1.807) is 22.7 Å². The van der Waals surface area contributed by atoms with Crippen LogP contribution in [0.1, 0.15) is 49.7 Å². The van der Waals surface area contributed by atoms with Crippen molar-refractivity contribution in [3.63, 3.8) is 0 Å². The van der Waals surface area contributed by atoms with E-state index >= 15 is 0 Å². The number of nitrogens with one attached hydrogen (secondary N) is 3. The van der Waals surface area contributed by atoms with Crippen molar-refractivity contribution in [2.45, 2.75) is 38.8 Å². The molecule has 0 bridgehead atoms. The van der Waals surface area contributed by atoms with Crippen molar-refractivity contribution in [3.05, 3.63) is 139 Å². The maximum atomic E-state index is 12.9. The summed E-state index contributed by atoms with van der Waals surface area (Å²) in [6.07, 6.45) is 3.09. The first kappa shape index (κ1) is 28.5. The number of carbonyl (C=O) groups is 2. The van der Waals surface area contributed by atoms with Gasteiger partial charge in [0.1, 0.15) is 0 Å². The first-order valence-corrected chi connectivity index (χ1v) is 15.8. The van der Waals surface area contributed by atoms with Gasteiger partial charge in [-0.05, 0) is 52.8 Å². The zero-order valence-corrected chi connectivity index (χ0v) is 25.3. The minimum atomic E-state index is -0.266. The van der Waals surface area contributed by atoms with Crippen molar-refractivity contribution in [1.29, 1.82) is 0 Å². The topological polar surface area (TPSA) is 99.8 Å². The number of hydrogen-bond acceptors (Lipinski definition) is 6. The number of aryl methyl sites for hydroxylation is 1. The minimum absolute atomic E-state index is 0.0470. The molecular weight excluding hydrogens is 575 g/mol. The van der Waals surface area contributed by atoms with Gasteiger partial charge >= 0.3 is 0 Å². The van der Waals surface area contributed by atoms with Gasteiger partial charge in [0, 0.05) is 35.4 Å². The fourth-order valence-corrected chi connectivity index (χ4v) is 6.47. The molecule has 2 amide bonds. The smallest absolute Gasteiger partial charge is 0.226 e. The quantitative estimate of drug-likeness (QED) is 0.162. The number of fused-ring (bicyclic) bond motifs is 1. The molecule has 0 spiro atoms. The molecule has 7 nitrogen and oxygen atoms in total. The number of benzene rings is 3. The van der Waals surface area contributed by atoms with E-state index in [-0.39, 0.29) is 30.7 Å². The number of thiazole rings is 2. The zero-order valence-electron chi connectivity index (χ0n) is 23.7. The second-order valence-corrected chi connectivity index (χ2v) is 12.5. The molecule has 0 fully saturated rings. The summed E-state index contributed by atoms with van der Waals surface area (Å²) in [7, 11) is 0. The summed E-state index contributed by atoms with van der Waals surface area (Å²) in [5, 5.41) is 13.1. The van der Waals surface area contributed by atoms with E-state index < -0.39 is 0 Å².